The van der Waals surface area contributed by atoms with Gasteiger partial charge in [-0.15, -0.1) is 0 Å². The average Bonchev–Trinajstić information content (AvgIpc) is 3.27. The highest BCUT2D eigenvalue weighted by Crippen LogP contribution is 2.19. The summed E-state index contributed by atoms with van der Waals surface area (Å²) in [5.74, 6) is -0.190. The third-order valence-electron chi connectivity index (χ3n) is 4.10. The second kappa shape index (κ2) is 8.28. The normalized spacial score (nSPS) is 22.3. The molecule has 0 radical (unpaired) electrons. The maximum Gasteiger partial charge on any atom is 0.410 e. The van der Waals surface area contributed by atoms with Crippen molar-refractivity contribution in [2.24, 2.45) is 5.16 Å². The van der Waals surface area contributed by atoms with Crippen molar-refractivity contribution in [1.29, 1.82) is 0 Å². The minimum atomic E-state index is -0.504. The van der Waals surface area contributed by atoms with Gasteiger partial charge < -0.3 is 14.9 Å². The molecule has 2 unspecified atom stereocenters. The third-order valence-corrected chi connectivity index (χ3v) is 4.57. The Morgan fingerprint density at radius 1 is 1.40 bits per heavy atom. The van der Waals surface area contributed by atoms with Crippen LogP contribution in [-0.4, -0.2) is 51.7 Å². The maximum absolute atomic E-state index is 12.4. The van der Waals surface area contributed by atoms with Crippen LogP contribution < -0.4 is 5.32 Å². The molecule has 2 atom stereocenters. The molecule has 2 amide bonds. The van der Waals surface area contributed by atoms with Crippen LogP contribution in [0.4, 0.5) is 4.79 Å². The topological polar surface area (TPSA) is 93.1 Å². The predicted molar refractivity (Wildman–Crippen MR) is 93.0 cm³/mol. The van der Waals surface area contributed by atoms with Crippen LogP contribution in [0.2, 0.25) is 0 Å². The number of oxime groups is 1. The lowest BCUT2D eigenvalue weighted by Gasteiger charge is -2.23. The van der Waals surface area contributed by atoms with Crippen molar-refractivity contribution in [1.82, 2.24) is 15.2 Å². The molecule has 1 aromatic rings. The SMILES string of the molecule is O=C(NCC1CC(Br)=NO1)C1CCCN1C(=O)OCc1ccncc1. The second-order valence-corrected chi connectivity index (χ2v) is 6.82. The van der Waals surface area contributed by atoms with Crippen LogP contribution in [0.3, 0.4) is 0 Å². The van der Waals surface area contributed by atoms with Gasteiger partial charge in [-0.05, 0) is 46.5 Å². The van der Waals surface area contributed by atoms with Crippen LogP contribution in [0, 0.1) is 0 Å². The fourth-order valence-electron chi connectivity index (χ4n) is 2.80. The number of nitrogens with zero attached hydrogens (tertiary/aromatic N) is 3. The van der Waals surface area contributed by atoms with Crippen molar-refractivity contribution in [2.75, 3.05) is 13.1 Å². The van der Waals surface area contributed by atoms with E-state index in [-0.39, 0.29) is 18.6 Å². The monoisotopic (exact) mass is 410 g/mol. The number of carbonyl (C=O) groups excluding carboxylic acids is 2. The van der Waals surface area contributed by atoms with Crippen LogP contribution in [0.5, 0.6) is 0 Å². The molecule has 134 valence electrons. The number of pyridine rings is 1. The van der Waals surface area contributed by atoms with Gasteiger partial charge in [0.25, 0.3) is 0 Å². The van der Waals surface area contributed by atoms with Gasteiger partial charge >= 0.3 is 6.09 Å². The number of ether oxygens (including phenoxy) is 1. The summed E-state index contributed by atoms with van der Waals surface area (Å²) in [6, 6.07) is 3.06. The molecule has 3 rings (SSSR count). The van der Waals surface area contributed by atoms with Crippen molar-refractivity contribution in [3.05, 3.63) is 30.1 Å². The Labute approximate surface area is 153 Å². The number of carbonyl (C=O) groups is 2. The van der Waals surface area contributed by atoms with Crippen LogP contribution >= 0.6 is 15.9 Å². The molecule has 3 heterocycles. The van der Waals surface area contributed by atoms with Crippen molar-refractivity contribution >= 4 is 32.6 Å². The van der Waals surface area contributed by atoms with Gasteiger partial charge in [-0.25, -0.2) is 4.79 Å². The lowest BCUT2D eigenvalue weighted by Crippen LogP contribution is -2.47. The van der Waals surface area contributed by atoms with E-state index in [0.29, 0.717) is 25.9 Å². The van der Waals surface area contributed by atoms with E-state index in [2.05, 4.69) is 31.4 Å². The number of aromatic nitrogens is 1. The van der Waals surface area contributed by atoms with E-state index < -0.39 is 12.1 Å². The summed E-state index contributed by atoms with van der Waals surface area (Å²) in [4.78, 5) is 35.3. The van der Waals surface area contributed by atoms with Gasteiger partial charge in [-0.3, -0.25) is 14.7 Å². The van der Waals surface area contributed by atoms with Crippen LogP contribution in [0.25, 0.3) is 0 Å². The molecule has 0 aromatic carbocycles. The number of nitrogens with one attached hydrogen (secondary N) is 1. The summed E-state index contributed by atoms with van der Waals surface area (Å²) in [7, 11) is 0. The maximum atomic E-state index is 12.4. The van der Waals surface area contributed by atoms with E-state index in [4.69, 9.17) is 9.57 Å². The number of likely N-dealkylation sites (tertiary alicyclic amines) is 1. The van der Waals surface area contributed by atoms with E-state index in [1.54, 1.807) is 24.5 Å². The van der Waals surface area contributed by atoms with Gasteiger partial charge in [0.2, 0.25) is 5.91 Å². The standard InChI is InChI=1S/C16H19BrN4O4/c17-14-8-12(25-20-14)9-19-15(22)13-2-1-7-21(13)16(23)24-10-11-3-5-18-6-4-11/h3-6,12-13H,1-2,7-10H2,(H,19,22). The molecule has 2 aliphatic heterocycles. The summed E-state index contributed by atoms with van der Waals surface area (Å²) in [6.45, 7) is 1.03. The smallest absolute Gasteiger partial charge is 0.410 e. The summed E-state index contributed by atoms with van der Waals surface area (Å²) >= 11 is 3.26. The Bertz CT molecular complexity index is 655. The Kier molecular flexibility index (Phi) is 5.85. The summed E-state index contributed by atoms with van der Waals surface area (Å²) in [5.41, 5.74) is 0.854. The molecule has 0 spiro atoms. The molecule has 0 bridgehead atoms. The van der Waals surface area contributed by atoms with E-state index in [0.717, 1.165) is 16.6 Å². The number of hydrogen-bond acceptors (Lipinski definition) is 6. The van der Waals surface area contributed by atoms with Crippen molar-refractivity contribution in [2.45, 2.75) is 38.0 Å². The highest BCUT2D eigenvalue weighted by Gasteiger charge is 2.35. The minimum absolute atomic E-state index is 0.160. The van der Waals surface area contributed by atoms with E-state index >= 15 is 0 Å². The number of amides is 2. The van der Waals surface area contributed by atoms with Crippen molar-refractivity contribution in [3.63, 3.8) is 0 Å². The molecule has 0 saturated carbocycles. The highest BCUT2D eigenvalue weighted by molar-refractivity contribution is 9.18. The zero-order chi connectivity index (χ0) is 17.6. The van der Waals surface area contributed by atoms with Gasteiger partial charge in [0.15, 0.2) is 6.10 Å². The van der Waals surface area contributed by atoms with Crippen molar-refractivity contribution < 1.29 is 19.2 Å². The first-order valence-corrected chi connectivity index (χ1v) is 8.91. The molecule has 25 heavy (non-hydrogen) atoms. The Hall–Kier alpha value is -2.16. The van der Waals surface area contributed by atoms with Crippen LogP contribution in [0.15, 0.2) is 29.7 Å². The van der Waals surface area contributed by atoms with Crippen LogP contribution in [0.1, 0.15) is 24.8 Å². The molecule has 1 N–H and O–H groups in total. The summed E-state index contributed by atoms with van der Waals surface area (Å²) in [5, 5.41) is 6.61. The van der Waals surface area contributed by atoms with E-state index in [9.17, 15) is 9.59 Å². The van der Waals surface area contributed by atoms with Gasteiger partial charge in [-0.2, -0.15) is 0 Å². The molecule has 1 fully saturated rings. The number of halogens is 1. The van der Waals surface area contributed by atoms with E-state index in [1.165, 1.54) is 4.90 Å². The lowest BCUT2D eigenvalue weighted by molar-refractivity contribution is -0.125. The highest BCUT2D eigenvalue weighted by atomic mass is 79.9. The molecule has 2 aliphatic rings. The molecular formula is C16H19BrN4O4. The molecule has 8 nitrogen and oxygen atoms in total. The lowest BCUT2D eigenvalue weighted by atomic mass is 10.2. The van der Waals surface area contributed by atoms with Crippen LogP contribution in [-0.2, 0) is 21.0 Å². The zero-order valence-corrected chi connectivity index (χ0v) is 15.1. The summed E-state index contributed by atoms with van der Waals surface area (Å²) < 4.78 is 6.04. The molecule has 1 saturated heterocycles. The molecule has 0 aliphatic carbocycles. The Morgan fingerprint density at radius 2 is 2.20 bits per heavy atom. The quantitative estimate of drug-likeness (QED) is 0.798. The van der Waals surface area contributed by atoms with Gasteiger partial charge in [0, 0.05) is 25.4 Å². The first-order chi connectivity index (χ1) is 12.1. The van der Waals surface area contributed by atoms with Gasteiger partial charge in [-0.1, -0.05) is 5.16 Å². The molecule has 1 aromatic heterocycles. The minimum Gasteiger partial charge on any atom is -0.445 e. The Balaban J connectivity index is 1.47. The van der Waals surface area contributed by atoms with Crippen molar-refractivity contribution in [3.8, 4) is 0 Å². The second-order valence-electron chi connectivity index (χ2n) is 5.91. The van der Waals surface area contributed by atoms with Gasteiger partial charge in [0.05, 0.1) is 6.54 Å². The predicted octanol–water partition coefficient (Wildman–Crippen LogP) is 1.80. The zero-order valence-electron chi connectivity index (χ0n) is 13.6. The first kappa shape index (κ1) is 17.7. The summed E-state index contributed by atoms with van der Waals surface area (Å²) in [6.07, 6.45) is 4.66. The third kappa shape index (κ3) is 4.68. The first-order valence-electron chi connectivity index (χ1n) is 8.11. The molecule has 9 heteroatoms. The van der Waals surface area contributed by atoms with E-state index in [1.807, 2.05) is 0 Å². The number of rotatable bonds is 5. The largest absolute Gasteiger partial charge is 0.445 e. The molecular weight excluding hydrogens is 392 g/mol. The van der Waals surface area contributed by atoms with Gasteiger partial charge in [0.1, 0.15) is 17.3 Å². The number of hydrogen-bond donors (Lipinski definition) is 1. The Morgan fingerprint density at radius 3 is 2.92 bits per heavy atom. The average molecular weight is 411 g/mol. The fourth-order valence-corrected chi connectivity index (χ4v) is 3.25. The fraction of sp³-hybridized carbons (Fsp3) is 0.500.